The van der Waals surface area contributed by atoms with E-state index in [1.807, 2.05) is 0 Å². The number of carbonyl (C=O) groups excluding carboxylic acids is 2. The summed E-state index contributed by atoms with van der Waals surface area (Å²) in [6.45, 7) is 9.90. The molecule has 0 aromatic carbocycles. The lowest BCUT2D eigenvalue weighted by Gasteiger charge is -2.27. The van der Waals surface area contributed by atoms with Crippen molar-refractivity contribution in [2.75, 3.05) is 39.8 Å². The minimum Gasteiger partial charge on any atom is -0.426 e. The molecule has 2 amide bonds. The zero-order chi connectivity index (χ0) is 21.8. The van der Waals surface area contributed by atoms with E-state index in [0.29, 0.717) is 19.0 Å². The Hall–Kier alpha value is -1.20. The van der Waals surface area contributed by atoms with E-state index >= 15 is 0 Å². The van der Waals surface area contributed by atoms with Gasteiger partial charge in [-0.05, 0) is 38.3 Å². The van der Waals surface area contributed by atoms with Crippen molar-refractivity contribution in [2.24, 2.45) is 5.92 Å². The van der Waals surface area contributed by atoms with E-state index in [0.717, 1.165) is 26.1 Å². The highest BCUT2D eigenvalue weighted by molar-refractivity contribution is 6.43. The average Bonchev–Trinajstić information content (AvgIpc) is 3.17. The smallest absolute Gasteiger partial charge is 0.426 e. The molecule has 0 bridgehead atoms. The normalized spacial score (nSPS) is 17.8. The third kappa shape index (κ3) is 11.0. The number of hydrogen-bond donors (Lipinski definition) is 6. The standard InChI is InChI=1S/C19H40BN5O4/c1-14(2)11-16(24-15(3)20(28)29)13-23-17(19(27)21-4)12-18(26)22-7-10-25-8-5-6-9-25/h14-17,23-24,28-29H,5-13H2,1-4H3,(H,21,27)(H,22,26)/t15-,16?,17-/m0/s1. The molecule has 0 aliphatic carbocycles. The fraction of sp³-hybridized carbons (Fsp3) is 0.895. The van der Waals surface area contributed by atoms with Gasteiger partial charge in [0.25, 0.3) is 0 Å². The summed E-state index contributed by atoms with van der Waals surface area (Å²) in [6, 6.07) is -0.699. The molecule has 1 saturated heterocycles. The fourth-order valence-electron chi connectivity index (χ4n) is 3.57. The van der Waals surface area contributed by atoms with Crippen LogP contribution < -0.4 is 21.3 Å². The first-order valence-electron chi connectivity index (χ1n) is 10.8. The summed E-state index contributed by atoms with van der Waals surface area (Å²) in [5.74, 6) is -0.492. The molecule has 0 spiro atoms. The molecule has 3 atom stereocenters. The lowest BCUT2D eigenvalue weighted by molar-refractivity contribution is -0.128. The van der Waals surface area contributed by atoms with E-state index in [1.54, 1.807) is 14.0 Å². The van der Waals surface area contributed by atoms with E-state index in [4.69, 9.17) is 0 Å². The van der Waals surface area contributed by atoms with Crippen LogP contribution in [0.3, 0.4) is 0 Å². The van der Waals surface area contributed by atoms with Gasteiger partial charge in [-0.2, -0.15) is 0 Å². The van der Waals surface area contributed by atoms with Gasteiger partial charge in [0.1, 0.15) is 0 Å². The van der Waals surface area contributed by atoms with Crippen LogP contribution in [0.25, 0.3) is 0 Å². The van der Waals surface area contributed by atoms with Crippen LogP contribution in [0.15, 0.2) is 0 Å². The number of carbonyl (C=O) groups is 2. The largest absolute Gasteiger partial charge is 0.469 e. The zero-order valence-electron chi connectivity index (χ0n) is 18.4. The molecule has 168 valence electrons. The molecule has 9 nitrogen and oxygen atoms in total. The van der Waals surface area contributed by atoms with E-state index in [-0.39, 0.29) is 24.3 Å². The Kier molecular flexibility index (Phi) is 12.4. The number of rotatable bonds is 14. The highest BCUT2D eigenvalue weighted by Crippen LogP contribution is 2.07. The first-order chi connectivity index (χ1) is 13.7. The summed E-state index contributed by atoms with van der Waals surface area (Å²) in [6.07, 6.45) is 3.29. The summed E-state index contributed by atoms with van der Waals surface area (Å²) >= 11 is 0. The summed E-state index contributed by atoms with van der Waals surface area (Å²) in [5, 5.41) is 30.5. The van der Waals surface area contributed by atoms with E-state index in [1.165, 1.54) is 12.8 Å². The molecule has 0 radical (unpaired) electrons. The van der Waals surface area contributed by atoms with Crippen molar-refractivity contribution in [1.29, 1.82) is 0 Å². The van der Waals surface area contributed by atoms with Gasteiger partial charge in [0.05, 0.1) is 12.5 Å². The zero-order valence-corrected chi connectivity index (χ0v) is 18.4. The maximum absolute atomic E-state index is 12.3. The summed E-state index contributed by atoms with van der Waals surface area (Å²) in [4.78, 5) is 26.9. The van der Waals surface area contributed by atoms with Crippen LogP contribution in [0.2, 0.25) is 0 Å². The molecular weight excluding hydrogens is 373 g/mol. The lowest BCUT2D eigenvalue weighted by atomic mass is 9.80. The van der Waals surface area contributed by atoms with Crippen LogP contribution in [0.4, 0.5) is 0 Å². The molecule has 1 aliphatic rings. The number of likely N-dealkylation sites (N-methyl/N-ethyl adjacent to an activating group) is 1. The highest BCUT2D eigenvalue weighted by atomic mass is 16.4. The minimum absolute atomic E-state index is 0.0582. The van der Waals surface area contributed by atoms with Gasteiger partial charge in [-0.3, -0.25) is 9.59 Å². The summed E-state index contributed by atoms with van der Waals surface area (Å²) < 4.78 is 0. The third-order valence-electron chi connectivity index (χ3n) is 5.21. The molecule has 1 aliphatic heterocycles. The van der Waals surface area contributed by atoms with Crippen LogP contribution in [0.1, 0.15) is 46.5 Å². The predicted octanol–water partition coefficient (Wildman–Crippen LogP) is -1.30. The Bertz CT molecular complexity index is 489. The molecular formula is C19H40BN5O4. The Balaban J connectivity index is 2.51. The average molecular weight is 413 g/mol. The van der Waals surface area contributed by atoms with Crippen molar-refractivity contribution < 1.29 is 19.6 Å². The van der Waals surface area contributed by atoms with Gasteiger partial charge in [0.2, 0.25) is 11.8 Å². The van der Waals surface area contributed by atoms with Crippen molar-refractivity contribution in [3.8, 4) is 0 Å². The lowest BCUT2D eigenvalue weighted by Crippen LogP contribution is -2.54. The molecule has 0 saturated carbocycles. The molecule has 1 unspecified atom stereocenters. The number of amides is 2. The van der Waals surface area contributed by atoms with Crippen molar-refractivity contribution in [3.63, 3.8) is 0 Å². The maximum Gasteiger partial charge on any atom is 0.469 e. The molecule has 6 N–H and O–H groups in total. The van der Waals surface area contributed by atoms with Gasteiger partial charge in [0, 0.05) is 38.7 Å². The third-order valence-corrected chi connectivity index (χ3v) is 5.21. The molecule has 1 fully saturated rings. The second-order valence-electron chi connectivity index (χ2n) is 8.37. The second-order valence-corrected chi connectivity index (χ2v) is 8.37. The monoisotopic (exact) mass is 413 g/mol. The van der Waals surface area contributed by atoms with Gasteiger partial charge < -0.3 is 36.2 Å². The molecule has 1 heterocycles. The predicted molar refractivity (Wildman–Crippen MR) is 115 cm³/mol. The van der Waals surface area contributed by atoms with Gasteiger partial charge >= 0.3 is 7.12 Å². The molecule has 0 aromatic heterocycles. The highest BCUT2D eigenvalue weighted by Gasteiger charge is 2.25. The molecule has 29 heavy (non-hydrogen) atoms. The Labute approximate surface area is 175 Å². The first kappa shape index (κ1) is 25.8. The quantitative estimate of drug-likeness (QED) is 0.196. The Morgan fingerprint density at radius 2 is 1.79 bits per heavy atom. The number of hydrogen-bond acceptors (Lipinski definition) is 7. The SMILES string of the molecule is CNC(=O)[C@H](CC(=O)NCCN1CCCC1)NCC(CC(C)C)N[C@@H](C)B(O)O. The van der Waals surface area contributed by atoms with Crippen LogP contribution in [0.5, 0.6) is 0 Å². The second kappa shape index (κ2) is 13.9. The maximum atomic E-state index is 12.3. The van der Waals surface area contributed by atoms with Crippen molar-refractivity contribution in [3.05, 3.63) is 0 Å². The summed E-state index contributed by atoms with van der Waals surface area (Å²) in [5.41, 5.74) is 0. The van der Waals surface area contributed by atoms with Crippen LogP contribution in [-0.2, 0) is 9.59 Å². The van der Waals surface area contributed by atoms with Crippen molar-refractivity contribution in [2.45, 2.75) is 64.5 Å². The van der Waals surface area contributed by atoms with Crippen LogP contribution >= 0.6 is 0 Å². The molecule has 1 rings (SSSR count). The van der Waals surface area contributed by atoms with Crippen LogP contribution in [0, 0.1) is 5.92 Å². The molecule has 0 aromatic rings. The van der Waals surface area contributed by atoms with E-state index < -0.39 is 19.1 Å². The molecule has 10 heteroatoms. The van der Waals surface area contributed by atoms with Crippen LogP contribution in [-0.4, -0.2) is 91.7 Å². The topological polar surface area (TPSA) is 126 Å². The van der Waals surface area contributed by atoms with E-state index in [2.05, 4.69) is 40.0 Å². The van der Waals surface area contributed by atoms with E-state index in [9.17, 15) is 19.6 Å². The summed E-state index contributed by atoms with van der Waals surface area (Å²) in [7, 11) is 0.0943. The van der Waals surface area contributed by atoms with Gasteiger partial charge in [-0.25, -0.2) is 0 Å². The number of nitrogens with zero attached hydrogens (tertiary/aromatic N) is 1. The first-order valence-corrected chi connectivity index (χ1v) is 10.8. The number of nitrogens with one attached hydrogen (secondary N) is 4. The Morgan fingerprint density at radius 1 is 1.14 bits per heavy atom. The van der Waals surface area contributed by atoms with Crippen molar-refractivity contribution in [1.82, 2.24) is 26.2 Å². The van der Waals surface area contributed by atoms with Gasteiger partial charge in [-0.1, -0.05) is 20.8 Å². The Morgan fingerprint density at radius 3 is 2.34 bits per heavy atom. The van der Waals surface area contributed by atoms with Gasteiger partial charge in [-0.15, -0.1) is 0 Å². The van der Waals surface area contributed by atoms with Gasteiger partial charge in [0.15, 0.2) is 0 Å². The minimum atomic E-state index is -1.46. The number of likely N-dealkylation sites (tertiary alicyclic amines) is 1. The van der Waals surface area contributed by atoms with Crippen molar-refractivity contribution >= 4 is 18.9 Å². The fourth-order valence-corrected chi connectivity index (χ4v) is 3.57.